The van der Waals surface area contributed by atoms with Crippen molar-refractivity contribution in [2.45, 2.75) is 6.54 Å². The maximum absolute atomic E-state index is 12.0. The minimum atomic E-state index is 0. The molecule has 0 amide bonds. The second-order valence-electron chi connectivity index (χ2n) is 3.85. The van der Waals surface area contributed by atoms with Crippen LogP contribution in [-0.2, 0) is 6.54 Å². The van der Waals surface area contributed by atoms with E-state index >= 15 is 0 Å². The molecule has 0 radical (unpaired) electrons. The second kappa shape index (κ2) is 7.40. The topological polar surface area (TPSA) is 30.2 Å². The monoisotopic (exact) mass is 385 g/mol. The van der Waals surface area contributed by atoms with Crippen molar-refractivity contribution < 1.29 is 31.1 Å². The number of ether oxygens (including phenoxy) is 1. The van der Waals surface area contributed by atoms with Crippen LogP contribution in [0.15, 0.2) is 53.3 Å². The molecule has 0 fully saturated rings. The smallest absolute Gasteiger partial charge is 0.227 e. The van der Waals surface area contributed by atoms with Gasteiger partial charge in [0.25, 0.3) is 0 Å². The van der Waals surface area contributed by atoms with E-state index in [1.807, 2.05) is 29.1 Å². The number of hydrogen-bond acceptors (Lipinski definition) is 2. The Labute approximate surface area is 131 Å². The van der Waals surface area contributed by atoms with E-state index in [0.29, 0.717) is 12.1 Å². The average molecular weight is 387 g/mol. The first-order valence-corrected chi connectivity index (χ1v) is 6.30. The van der Waals surface area contributed by atoms with Crippen LogP contribution in [0.2, 0.25) is 0 Å². The molecule has 0 unspecified atom stereocenters. The number of pyridine rings is 1. The summed E-state index contributed by atoms with van der Waals surface area (Å²) < 4.78 is 7.86. The van der Waals surface area contributed by atoms with Gasteiger partial charge in [-0.3, -0.25) is 4.79 Å². The predicted molar refractivity (Wildman–Crippen MR) is 71.7 cm³/mol. The fraction of sp³-hybridized carbons (Fsp3) is 0.143. The first-order chi connectivity index (χ1) is 8.69. The second-order valence-corrected chi connectivity index (χ2v) is 4.76. The Bertz CT molecular complexity index is 556. The Morgan fingerprint density at radius 3 is 2.53 bits per heavy atom. The number of methoxy groups -OCH3 is 1. The van der Waals surface area contributed by atoms with Crippen LogP contribution >= 0.6 is 15.9 Å². The third kappa shape index (κ3) is 4.44. The molecule has 0 saturated heterocycles. The fourth-order valence-electron chi connectivity index (χ4n) is 1.62. The van der Waals surface area contributed by atoms with Crippen LogP contribution in [0.1, 0.15) is 10.4 Å². The van der Waals surface area contributed by atoms with Gasteiger partial charge in [0.1, 0.15) is 5.75 Å². The molecule has 2 aromatic rings. The Morgan fingerprint density at radius 2 is 1.95 bits per heavy atom. The number of benzene rings is 1. The van der Waals surface area contributed by atoms with E-state index in [0.717, 1.165) is 10.2 Å². The molecule has 0 aliphatic heterocycles. The van der Waals surface area contributed by atoms with Gasteiger partial charge in [-0.15, -0.1) is 0 Å². The normalized spacial score (nSPS) is 9.58. The van der Waals surface area contributed by atoms with Crippen LogP contribution in [0.4, 0.5) is 0 Å². The van der Waals surface area contributed by atoms with Gasteiger partial charge in [0.2, 0.25) is 12.3 Å². The lowest BCUT2D eigenvalue weighted by Gasteiger charge is -2.01. The van der Waals surface area contributed by atoms with Crippen LogP contribution in [-0.4, -0.2) is 12.9 Å². The van der Waals surface area contributed by atoms with Crippen molar-refractivity contribution in [3.05, 3.63) is 58.8 Å². The zero-order chi connectivity index (χ0) is 13.0. The number of aromatic nitrogens is 1. The molecule has 0 bridgehead atoms. The number of halogens is 2. The zero-order valence-electron chi connectivity index (χ0n) is 10.3. The largest absolute Gasteiger partial charge is 1.00 e. The molecule has 3 nitrogen and oxygen atoms in total. The molecule has 0 aliphatic carbocycles. The molecule has 1 aromatic carbocycles. The molecular weight excluding hydrogens is 374 g/mol. The third-order valence-electron chi connectivity index (χ3n) is 2.56. The summed E-state index contributed by atoms with van der Waals surface area (Å²) in [6.45, 7) is 0.325. The highest BCUT2D eigenvalue weighted by atomic mass is 79.9. The van der Waals surface area contributed by atoms with E-state index in [4.69, 9.17) is 4.74 Å². The third-order valence-corrected chi connectivity index (χ3v) is 3.03. The number of carbonyl (C=O) groups excluding carboxylic acids is 1. The molecule has 0 atom stereocenters. The van der Waals surface area contributed by atoms with E-state index in [-0.39, 0.29) is 22.8 Å². The fourth-order valence-corrected chi connectivity index (χ4v) is 2.04. The van der Waals surface area contributed by atoms with Gasteiger partial charge in [0.05, 0.1) is 11.6 Å². The first kappa shape index (κ1) is 15.9. The van der Waals surface area contributed by atoms with E-state index in [2.05, 4.69) is 15.9 Å². The summed E-state index contributed by atoms with van der Waals surface area (Å²) in [4.78, 5) is 12.0. The predicted octanol–water partition coefficient (Wildman–Crippen LogP) is -0.368. The van der Waals surface area contributed by atoms with E-state index in [9.17, 15) is 4.79 Å². The summed E-state index contributed by atoms with van der Waals surface area (Å²) in [6, 6.07) is 11.0. The molecule has 1 heterocycles. The summed E-state index contributed by atoms with van der Waals surface area (Å²) >= 11 is 3.38. The van der Waals surface area contributed by atoms with Crippen molar-refractivity contribution in [3.63, 3.8) is 0 Å². The Hall–Kier alpha value is -1.20. The minimum Gasteiger partial charge on any atom is -1.00 e. The van der Waals surface area contributed by atoms with Crippen LogP contribution in [0, 0.1) is 0 Å². The van der Waals surface area contributed by atoms with Crippen molar-refractivity contribution >= 4 is 21.7 Å². The highest BCUT2D eigenvalue weighted by Crippen LogP contribution is 2.11. The summed E-state index contributed by atoms with van der Waals surface area (Å²) in [5.74, 6) is 0.822. The number of nitrogens with zero attached hydrogens (tertiary/aromatic N) is 1. The van der Waals surface area contributed by atoms with Gasteiger partial charge in [0, 0.05) is 11.6 Å². The van der Waals surface area contributed by atoms with E-state index in [1.165, 1.54) is 0 Å². The zero-order valence-corrected chi connectivity index (χ0v) is 13.5. The summed E-state index contributed by atoms with van der Waals surface area (Å²) in [7, 11) is 1.61. The van der Waals surface area contributed by atoms with Gasteiger partial charge in [-0.1, -0.05) is 0 Å². The maximum Gasteiger partial charge on any atom is 0.227 e. The molecule has 0 aliphatic rings. The summed E-state index contributed by atoms with van der Waals surface area (Å²) in [6.07, 6.45) is 3.74. The molecule has 0 spiro atoms. The highest BCUT2D eigenvalue weighted by molar-refractivity contribution is 9.10. The number of carbonyl (C=O) groups is 1. The van der Waals surface area contributed by atoms with Crippen molar-refractivity contribution in [2.24, 2.45) is 0 Å². The molecule has 100 valence electrons. The average Bonchev–Trinajstić information content (AvgIpc) is 2.39. The van der Waals surface area contributed by atoms with E-state index < -0.39 is 0 Å². The first-order valence-electron chi connectivity index (χ1n) is 5.51. The molecular formula is C14H13Br2NO2. The summed E-state index contributed by atoms with van der Waals surface area (Å²) in [5.41, 5.74) is 0.684. The van der Waals surface area contributed by atoms with E-state index in [1.54, 1.807) is 31.4 Å². The molecule has 2 rings (SSSR count). The summed E-state index contributed by atoms with van der Waals surface area (Å²) in [5, 5.41) is 0. The lowest BCUT2D eigenvalue weighted by atomic mass is 10.1. The van der Waals surface area contributed by atoms with Crippen molar-refractivity contribution in [1.29, 1.82) is 0 Å². The highest BCUT2D eigenvalue weighted by Gasteiger charge is 2.12. The number of rotatable bonds is 4. The lowest BCUT2D eigenvalue weighted by molar-refractivity contribution is -0.683. The molecule has 19 heavy (non-hydrogen) atoms. The van der Waals surface area contributed by atoms with Crippen molar-refractivity contribution in [1.82, 2.24) is 0 Å². The van der Waals surface area contributed by atoms with Crippen molar-refractivity contribution in [2.75, 3.05) is 7.11 Å². The van der Waals surface area contributed by atoms with Crippen molar-refractivity contribution in [3.8, 4) is 5.75 Å². The van der Waals surface area contributed by atoms with Gasteiger partial charge >= 0.3 is 0 Å². The number of hydrogen-bond donors (Lipinski definition) is 0. The SMILES string of the molecule is COc1ccc(C(=O)C[n+]2cccc(Br)c2)cc1.[Br-]. The van der Waals surface area contributed by atoms with Crippen LogP contribution < -0.4 is 26.3 Å². The van der Waals surface area contributed by atoms with Gasteiger partial charge in [-0.05, 0) is 46.3 Å². The Balaban J connectivity index is 0.00000180. The van der Waals surface area contributed by atoms with Crippen LogP contribution in [0.3, 0.4) is 0 Å². The van der Waals surface area contributed by atoms with Crippen LogP contribution in [0.5, 0.6) is 5.75 Å². The Morgan fingerprint density at radius 1 is 1.26 bits per heavy atom. The number of Topliss-reactive ketones (excluding diaryl/α,β-unsaturated/α-hetero) is 1. The molecule has 0 N–H and O–H groups in total. The van der Waals surface area contributed by atoms with Gasteiger partial charge in [-0.25, -0.2) is 0 Å². The van der Waals surface area contributed by atoms with Gasteiger partial charge in [0.15, 0.2) is 12.4 Å². The molecule has 1 aromatic heterocycles. The van der Waals surface area contributed by atoms with Gasteiger partial charge in [-0.2, -0.15) is 4.57 Å². The maximum atomic E-state index is 12.0. The Kier molecular flexibility index (Phi) is 6.18. The molecule has 0 saturated carbocycles. The number of ketones is 1. The lowest BCUT2D eigenvalue weighted by Crippen LogP contribution is -3.00. The minimum absolute atomic E-state index is 0. The standard InChI is InChI=1S/C14H13BrNO2.BrH/c1-18-13-6-4-11(5-7-13)14(17)10-16-8-2-3-12(15)9-16;/h2-9H,10H2,1H3;1H/q+1;/p-1. The quantitative estimate of drug-likeness (QED) is 0.530. The molecule has 5 heteroatoms. The van der Waals surface area contributed by atoms with Gasteiger partial charge < -0.3 is 21.7 Å². The van der Waals surface area contributed by atoms with Crippen LogP contribution in [0.25, 0.3) is 0 Å².